The Labute approximate surface area is 300 Å². The summed E-state index contributed by atoms with van der Waals surface area (Å²) in [7, 11) is 1.64. The molecule has 1 aliphatic rings. The van der Waals surface area contributed by atoms with Crippen LogP contribution in [0.3, 0.4) is 0 Å². The van der Waals surface area contributed by atoms with Crippen LogP contribution in [0, 0.1) is 19.8 Å². The second kappa shape index (κ2) is 17.6. The molecule has 0 saturated heterocycles. The predicted octanol–water partition coefficient (Wildman–Crippen LogP) is 6.91. The van der Waals surface area contributed by atoms with Crippen molar-refractivity contribution in [1.29, 1.82) is 0 Å². The van der Waals surface area contributed by atoms with Crippen LogP contribution in [0.1, 0.15) is 67.4 Å². The lowest BCUT2D eigenvalue weighted by Crippen LogP contribution is -2.48. The van der Waals surface area contributed by atoms with Crippen molar-refractivity contribution in [2.45, 2.75) is 78.3 Å². The summed E-state index contributed by atoms with van der Waals surface area (Å²) in [5.41, 5.74) is 0.689. The highest BCUT2D eigenvalue weighted by Crippen LogP contribution is 2.31. The largest absolute Gasteiger partial charge is 0.490 e. The molecule has 0 unspecified atom stereocenters. The summed E-state index contributed by atoms with van der Waals surface area (Å²) in [6.07, 6.45) is -3.13. The number of amides is 5. The Bertz CT molecular complexity index is 1660. The van der Waals surface area contributed by atoms with Gasteiger partial charge < -0.3 is 44.9 Å². The Hall–Kier alpha value is -4.83. The topological polar surface area (TPSA) is 158 Å². The minimum atomic E-state index is -4.51. The van der Waals surface area contributed by atoms with Crippen LogP contribution in [0.4, 0.5) is 39.8 Å². The lowest BCUT2D eigenvalue weighted by atomic mass is 10.0. The van der Waals surface area contributed by atoms with Crippen LogP contribution in [0.15, 0.2) is 47.0 Å². The van der Waals surface area contributed by atoms with E-state index in [4.69, 9.17) is 14.0 Å². The molecule has 2 heterocycles. The average Bonchev–Trinajstić information content (AvgIpc) is 3.41. The first kappa shape index (κ1) is 39.9. The Morgan fingerprint density at radius 1 is 1.06 bits per heavy atom. The SMILES string of the molecule is Cc1noc(C)c1NC(=O)N(C)C[C@@H]1OCCCC[C@@H](C)Oc2ccc(NC(=O)Nc3ccc(C(F)(F)F)cc3)cc2C(=O)N([C@@H](C)CO)C[C@H]1C. The van der Waals surface area contributed by atoms with Crippen molar-refractivity contribution < 1.29 is 46.7 Å². The molecule has 0 bridgehead atoms. The third-order valence-electron chi connectivity index (χ3n) is 8.85. The maximum Gasteiger partial charge on any atom is 0.416 e. The van der Waals surface area contributed by atoms with E-state index in [2.05, 4.69) is 21.1 Å². The van der Waals surface area contributed by atoms with Crippen molar-refractivity contribution in [3.8, 4) is 5.75 Å². The van der Waals surface area contributed by atoms with E-state index < -0.39 is 35.8 Å². The number of anilines is 3. The molecule has 0 aliphatic carbocycles. The lowest BCUT2D eigenvalue weighted by molar-refractivity contribution is -0.137. The van der Waals surface area contributed by atoms with Gasteiger partial charge in [0.1, 0.15) is 17.1 Å². The number of halogens is 3. The highest BCUT2D eigenvalue weighted by atomic mass is 19.4. The van der Waals surface area contributed by atoms with Gasteiger partial charge in [0.25, 0.3) is 5.91 Å². The molecule has 284 valence electrons. The summed E-state index contributed by atoms with van der Waals surface area (Å²) in [6.45, 7) is 9.34. The van der Waals surface area contributed by atoms with E-state index in [1.54, 1.807) is 40.0 Å². The van der Waals surface area contributed by atoms with Gasteiger partial charge in [-0.3, -0.25) is 4.79 Å². The molecule has 0 fully saturated rings. The number of aryl methyl sites for hydroxylation is 2. The first-order chi connectivity index (χ1) is 24.6. The monoisotopic (exact) mass is 732 g/mol. The fourth-order valence-corrected chi connectivity index (χ4v) is 5.72. The van der Waals surface area contributed by atoms with Gasteiger partial charge >= 0.3 is 18.2 Å². The molecule has 1 aliphatic heterocycles. The zero-order valence-corrected chi connectivity index (χ0v) is 30.2. The maximum atomic E-state index is 14.4. The fraction of sp³-hybridized carbons (Fsp3) is 0.500. The van der Waals surface area contributed by atoms with Crippen LogP contribution in [-0.2, 0) is 10.9 Å². The highest BCUT2D eigenvalue weighted by Gasteiger charge is 2.32. The van der Waals surface area contributed by atoms with E-state index in [9.17, 15) is 32.7 Å². The van der Waals surface area contributed by atoms with Gasteiger partial charge in [-0.15, -0.1) is 0 Å². The molecule has 3 aromatic rings. The van der Waals surface area contributed by atoms with E-state index in [1.165, 1.54) is 15.9 Å². The van der Waals surface area contributed by atoms with Crippen LogP contribution in [0.25, 0.3) is 0 Å². The molecule has 0 radical (unpaired) electrons. The van der Waals surface area contributed by atoms with Gasteiger partial charge in [0.15, 0.2) is 5.76 Å². The quantitative estimate of drug-likeness (QED) is 0.204. The van der Waals surface area contributed by atoms with E-state index in [0.29, 0.717) is 30.2 Å². The van der Waals surface area contributed by atoms with Crippen LogP contribution >= 0.6 is 0 Å². The number of likely N-dealkylation sites (N-methyl/N-ethyl adjacent to an activating group) is 1. The molecule has 4 rings (SSSR count). The molecule has 52 heavy (non-hydrogen) atoms. The van der Waals surface area contributed by atoms with Gasteiger partial charge in [-0.25, -0.2) is 9.59 Å². The zero-order valence-electron chi connectivity index (χ0n) is 30.2. The standard InChI is InChI=1S/C36H47F3N6O7/c1-21-18-45(22(2)20-46)33(47)29-17-28(41-34(48)40-27-12-10-26(11-13-27)36(37,38)39)14-15-30(29)51-23(3)9-7-8-16-50-31(21)19-44(6)35(49)42-32-24(4)43-52-25(32)5/h10-15,17,21-23,31,46H,7-9,16,18-20H2,1-6H3,(H,42,49)(H2,40,41,48)/t21-,22+,23-,31+/m1/s1. The van der Waals surface area contributed by atoms with Gasteiger partial charge in [-0.1, -0.05) is 12.1 Å². The number of fused-ring (bicyclic) bond motifs is 1. The minimum absolute atomic E-state index is 0.136. The van der Waals surface area contributed by atoms with Crippen molar-refractivity contribution in [3.63, 3.8) is 0 Å². The lowest BCUT2D eigenvalue weighted by Gasteiger charge is -2.35. The van der Waals surface area contributed by atoms with Gasteiger partial charge in [-0.2, -0.15) is 13.2 Å². The zero-order chi connectivity index (χ0) is 38.2. The predicted molar refractivity (Wildman–Crippen MR) is 189 cm³/mol. The molecular formula is C36H47F3N6O7. The van der Waals surface area contributed by atoms with Gasteiger partial charge in [0, 0.05) is 44.0 Å². The van der Waals surface area contributed by atoms with E-state index >= 15 is 0 Å². The third kappa shape index (κ3) is 10.6. The summed E-state index contributed by atoms with van der Waals surface area (Å²) in [5.74, 6) is -0.0164. The highest BCUT2D eigenvalue weighted by molar-refractivity contribution is 6.02. The molecule has 1 aromatic heterocycles. The summed E-state index contributed by atoms with van der Waals surface area (Å²) in [4.78, 5) is 43.4. The number of hydrogen-bond acceptors (Lipinski definition) is 8. The fourth-order valence-electron chi connectivity index (χ4n) is 5.72. The molecule has 5 amide bonds. The third-order valence-corrected chi connectivity index (χ3v) is 8.85. The summed E-state index contributed by atoms with van der Waals surface area (Å²) < 4.78 is 56.6. The summed E-state index contributed by atoms with van der Waals surface area (Å²) in [5, 5.41) is 22.1. The number of urea groups is 2. The molecule has 16 heteroatoms. The number of nitrogens with one attached hydrogen (secondary N) is 3. The second-order valence-electron chi connectivity index (χ2n) is 13.2. The maximum absolute atomic E-state index is 14.4. The number of benzene rings is 2. The first-order valence-electron chi connectivity index (χ1n) is 17.1. The molecule has 0 saturated carbocycles. The van der Waals surface area contributed by atoms with Crippen LogP contribution in [-0.4, -0.2) is 89.6 Å². The molecule has 0 spiro atoms. The molecule has 13 nitrogen and oxygen atoms in total. The number of ether oxygens (including phenoxy) is 2. The normalized spacial score (nSPS) is 19.5. The molecule has 2 aromatic carbocycles. The molecule has 4 atom stereocenters. The number of aliphatic hydroxyl groups is 1. The summed E-state index contributed by atoms with van der Waals surface area (Å²) >= 11 is 0. The van der Waals surface area contributed by atoms with E-state index in [-0.39, 0.29) is 60.4 Å². The van der Waals surface area contributed by atoms with Crippen molar-refractivity contribution in [1.82, 2.24) is 15.0 Å². The summed E-state index contributed by atoms with van der Waals surface area (Å²) in [6, 6.07) is 6.85. The van der Waals surface area contributed by atoms with Gasteiger partial charge in [0.2, 0.25) is 0 Å². The first-order valence-corrected chi connectivity index (χ1v) is 17.1. The Morgan fingerprint density at radius 2 is 1.73 bits per heavy atom. The van der Waals surface area contributed by atoms with Crippen molar-refractivity contribution >= 4 is 35.0 Å². The Balaban J connectivity index is 1.57. The Kier molecular flexibility index (Phi) is 13.5. The minimum Gasteiger partial charge on any atom is -0.490 e. The van der Waals surface area contributed by atoms with E-state index in [1.807, 2.05) is 13.8 Å². The van der Waals surface area contributed by atoms with Crippen LogP contribution in [0.2, 0.25) is 0 Å². The van der Waals surface area contributed by atoms with Crippen molar-refractivity contribution in [3.05, 3.63) is 65.0 Å². The van der Waals surface area contributed by atoms with Gasteiger partial charge in [-0.05, 0) is 89.4 Å². The number of hydrogen-bond donors (Lipinski definition) is 4. The van der Waals surface area contributed by atoms with Crippen LogP contribution in [0.5, 0.6) is 5.75 Å². The van der Waals surface area contributed by atoms with Crippen LogP contribution < -0.4 is 20.7 Å². The average molecular weight is 733 g/mol. The van der Waals surface area contributed by atoms with Crippen molar-refractivity contribution in [2.24, 2.45) is 5.92 Å². The second-order valence-corrected chi connectivity index (χ2v) is 13.2. The number of nitrogens with zero attached hydrogens (tertiary/aromatic N) is 3. The number of carbonyl (C=O) groups is 3. The molecular weight excluding hydrogens is 685 g/mol. The van der Waals surface area contributed by atoms with E-state index in [0.717, 1.165) is 37.1 Å². The Morgan fingerprint density at radius 3 is 2.37 bits per heavy atom. The van der Waals surface area contributed by atoms with Crippen molar-refractivity contribution in [2.75, 3.05) is 49.3 Å². The number of aromatic nitrogens is 1. The van der Waals surface area contributed by atoms with Gasteiger partial charge in [0.05, 0.1) is 36.0 Å². The number of aliphatic hydroxyl groups excluding tert-OH is 1. The number of alkyl halides is 3. The smallest absolute Gasteiger partial charge is 0.416 e. The number of carbonyl (C=O) groups excluding carboxylic acids is 3. The molecule has 4 N–H and O–H groups in total. The number of rotatable bonds is 7.